The Morgan fingerprint density at radius 3 is 2.64 bits per heavy atom. The Hall–Kier alpha value is -2.48. The minimum Gasteiger partial charge on any atom is -0.361 e. The van der Waals surface area contributed by atoms with Gasteiger partial charge in [-0.3, -0.25) is 9.89 Å². The minimum absolute atomic E-state index is 0.437. The van der Waals surface area contributed by atoms with Crippen LogP contribution in [0.15, 0.2) is 33.8 Å². The average Bonchev–Trinajstić information content (AvgIpc) is 3.08. The van der Waals surface area contributed by atoms with E-state index in [0.29, 0.717) is 18.5 Å². The molecular formula is C20H27F2N5O. The fourth-order valence-corrected chi connectivity index (χ4v) is 3.27. The first-order valence-electron chi connectivity index (χ1n) is 9.67. The molecule has 0 spiro atoms. The largest absolute Gasteiger partial charge is 0.361 e. The summed E-state index contributed by atoms with van der Waals surface area (Å²) in [5.74, 6) is 0.586. The van der Waals surface area contributed by atoms with Crippen LogP contribution in [0.3, 0.4) is 0 Å². The summed E-state index contributed by atoms with van der Waals surface area (Å²) in [4.78, 5) is 9.19. The van der Waals surface area contributed by atoms with Crippen molar-refractivity contribution < 1.29 is 13.3 Å². The zero-order chi connectivity index (χ0) is 19.9. The van der Waals surface area contributed by atoms with Crippen LogP contribution in [0.5, 0.6) is 0 Å². The summed E-state index contributed by atoms with van der Waals surface area (Å²) in [5, 5.41) is 7.36. The number of halogens is 2. The third-order valence-corrected chi connectivity index (χ3v) is 4.73. The summed E-state index contributed by atoms with van der Waals surface area (Å²) in [6.07, 6.45) is 0.437. The molecule has 152 valence electrons. The maximum absolute atomic E-state index is 13.8. The Kier molecular flexibility index (Phi) is 6.97. The van der Waals surface area contributed by atoms with Gasteiger partial charge in [-0.2, -0.15) is 0 Å². The second kappa shape index (κ2) is 9.64. The molecule has 0 atom stereocenters. The average molecular weight is 391 g/mol. The van der Waals surface area contributed by atoms with Gasteiger partial charge < -0.3 is 14.7 Å². The number of rotatable bonds is 6. The molecule has 1 aliphatic heterocycles. The van der Waals surface area contributed by atoms with Crippen LogP contribution < -0.4 is 5.32 Å². The molecular weight excluding hydrogens is 364 g/mol. The standard InChI is InChI=1S/C20H27F2N5O/c1-3-23-20(24-7-6-16-4-5-17(21)13-19(16)22)27-10-8-26(9-11-27)14-18-12-15(2)28-25-18/h4-5,12-13H,3,6-11,14H2,1-2H3,(H,23,24). The first kappa shape index (κ1) is 20.3. The van der Waals surface area contributed by atoms with Gasteiger partial charge in [0.2, 0.25) is 0 Å². The lowest BCUT2D eigenvalue weighted by molar-refractivity contribution is 0.169. The molecule has 2 aromatic rings. The monoisotopic (exact) mass is 391 g/mol. The van der Waals surface area contributed by atoms with Crippen LogP contribution >= 0.6 is 0 Å². The van der Waals surface area contributed by atoms with E-state index in [4.69, 9.17) is 4.52 Å². The predicted octanol–water partition coefficient (Wildman–Crippen LogP) is 2.59. The van der Waals surface area contributed by atoms with E-state index in [1.165, 1.54) is 12.1 Å². The van der Waals surface area contributed by atoms with Gasteiger partial charge in [0, 0.05) is 57.9 Å². The first-order valence-corrected chi connectivity index (χ1v) is 9.67. The summed E-state index contributed by atoms with van der Waals surface area (Å²) >= 11 is 0. The van der Waals surface area contributed by atoms with Gasteiger partial charge in [0.1, 0.15) is 17.4 Å². The van der Waals surface area contributed by atoms with Crippen LogP contribution in [-0.2, 0) is 13.0 Å². The van der Waals surface area contributed by atoms with Crippen molar-refractivity contribution in [1.82, 2.24) is 20.3 Å². The number of nitrogens with zero attached hydrogens (tertiary/aromatic N) is 4. The molecule has 6 nitrogen and oxygen atoms in total. The molecule has 28 heavy (non-hydrogen) atoms. The number of piperazine rings is 1. The fraction of sp³-hybridized carbons (Fsp3) is 0.500. The molecule has 1 aliphatic rings. The van der Waals surface area contributed by atoms with E-state index in [9.17, 15) is 8.78 Å². The van der Waals surface area contributed by atoms with Crippen LogP contribution in [0.1, 0.15) is 23.9 Å². The van der Waals surface area contributed by atoms with E-state index >= 15 is 0 Å². The molecule has 3 rings (SSSR count). The summed E-state index contributed by atoms with van der Waals surface area (Å²) in [5.41, 5.74) is 1.43. The summed E-state index contributed by atoms with van der Waals surface area (Å²) in [7, 11) is 0. The zero-order valence-corrected chi connectivity index (χ0v) is 16.4. The molecule has 1 N–H and O–H groups in total. The van der Waals surface area contributed by atoms with E-state index < -0.39 is 11.6 Å². The molecule has 1 fully saturated rings. The van der Waals surface area contributed by atoms with E-state index in [-0.39, 0.29) is 0 Å². The summed E-state index contributed by atoms with van der Waals surface area (Å²) in [6, 6.07) is 5.65. The molecule has 1 saturated heterocycles. The van der Waals surface area contributed by atoms with Crippen LogP contribution in [-0.4, -0.2) is 60.2 Å². The maximum Gasteiger partial charge on any atom is 0.194 e. The van der Waals surface area contributed by atoms with Gasteiger partial charge in [-0.15, -0.1) is 0 Å². The molecule has 0 unspecified atom stereocenters. The zero-order valence-electron chi connectivity index (χ0n) is 16.4. The Morgan fingerprint density at radius 1 is 1.21 bits per heavy atom. The summed E-state index contributed by atoms with van der Waals surface area (Å²) in [6.45, 7) is 9.44. The van der Waals surface area contributed by atoms with Crippen LogP contribution in [0.4, 0.5) is 8.78 Å². The lowest BCUT2D eigenvalue weighted by Gasteiger charge is -2.36. The normalized spacial score (nSPS) is 15.9. The highest BCUT2D eigenvalue weighted by atomic mass is 19.1. The van der Waals surface area contributed by atoms with Crippen LogP contribution in [0, 0.1) is 18.6 Å². The van der Waals surface area contributed by atoms with Crippen molar-refractivity contribution in [3.05, 3.63) is 52.9 Å². The van der Waals surface area contributed by atoms with Gasteiger partial charge in [0.05, 0.1) is 5.69 Å². The number of aromatic nitrogens is 1. The van der Waals surface area contributed by atoms with Gasteiger partial charge in [0.15, 0.2) is 5.96 Å². The van der Waals surface area contributed by atoms with Crippen LogP contribution in [0.2, 0.25) is 0 Å². The first-order chi connectivity index (χ1) is 13.5. The Labute approximate surface area is 164 Å². The van der Waals surface area contributed by atoms with E-state index in [2.05, 4.69) is 25.3 Å². The van der Waals surface area contributed by atoms with Crippen molar-refractivity contribution in [2.24, 2.45) is 4.99 Å². The second-order valence-electron chi connectivity index (χ2n) is 6.91. The van der Waals surface area contributed by atoms with Crippen molar-refractivity contribution in [1.29, 1.82) is 0 Å². The molecule has 0 bridgehead atoms. The number of nitrogens with one attached hydrogen (secondary N) is 1. The van der Waals surface area contributed by atoms with Crippen molar-refractivity contribution >= 4 is 5.96 Å². The van der Waals surface area contributed by atoms with Crippen LogP contribution in [0.25, 0.3) is 0 Å². The van der Waals surface area contributed by atoms with Gasteiger partial charge in [-0.25, -0.2) is 8.78 Å². The van der Waals surface area contributed by atoms with Crippen molar-refractivity contribution in [2.45, 2.75) is 26.8 Å². The number of aryl methyl sites for hydroxylation is 1. The molecule has 0 aliphatic carbocycles. The number of aliphatic imine (C=N–C) groups is 1. The smallest absolute Gasteiger partial charge is 0.194 e. The number of guanidine groups is 1. The number of benzene rings is 1. The van der Waals surface area contributed by atoms with Gasteiger partial charge in [-0.05, 0) is 31.9 Å². The molecule has 0 saturated carbocycles. The van der Waals surface area contributed by atoms with Crippen molar-refractivity contribution in [3.63, 3.8) is 0 Å². The van der Waals surface area contributed by atoms with E-state index in [0.717, 1.165) is 62.7 Å². The van der Waals surface area contributed by atoms with E-state index in [1.54, 1.807) is 0 Å². The third-order valence-electron chi connectivity index (χ3n) is 4.73. The van der Waals surface area contributed by atoms with Gasteiger partial charge in [0.25, 0.3) is 0 Å². The molecule has 1 aromatic heterocycles. The highest BCUT2D eigenvalue weighted by Gasteiger charge is 2.20. The molecule has 0 radical (unpaired) electrons. The molecule has 2 heterocycles. The quantitative estimate of drug-likeness (QED) is 0.606. The Bertz CT molecular complexity index is 800. The SMILES string of the molecule is CCNC(=NCCc1ccc(F)cc1F)N1CCN(Cc2cc(C)on2)CC1. The lowest BCUT2D eigenvalue weighted by atomic mass is 10.1. The second-order valence-corrected chi connectivity index (χ2v) is 6.91. The maximum atomic E-state index is 13.8. The van der Waals surface area contributed by atoms with Crippen molar-refractivity contribution in [2.75, 3.05) is 39.3 Å². The van der Waals surface area contributed by atoms with Gasteiger partial charge in [-0.1, -0.05) is 11.2 Å². The molecule has 8 heteroatoms. The van der Waals surface area contributed by atoms with E-state index in [1.807, 2.05) is 19.9 Å². The fourth-order valence-electron chi connectivity index (χ4n) is 3.27. The highest BCUT2D eigenvalue weighted by molar-refractivity contribution is 5.80. The Balaban J connectivity index is 1.52. The highest BCUT2D eigenvalue weighted by Crippen LogP contribution is 2.11. The van der Waals surface area contributed by atoms with Crippen molar-refractivity contribution in [3.8, 4) is 0 Å². The number of hydrogen-bond acceptors (Lipinski definition) is 4. The molecule has 0 amide bonds. The Morgan fingerprint density at radius 2 is 2.00 bits per heavy atom. The lowest BCUT2D eigenvalue weighted by Crippen LogP contribution is -2.52. The minimum atomic E-state index is -0.559. The third kappa shape index (κ3) is 5.51. The summed E-state index contributed by atoms with van der Waals surface area (Å²) < 4.78 is 31.9. The topological polar surface area (TPSA) is 56.9 Å². The molecule has 1 aromatic carbocycles. The number of hydrogen-bond donors (Lipinski definition) is 1. The predicted molar refractivity (Wildman–Crippen MR) is 104 cm³/mol. The van der Waals surface area contributed by atoms with Gasteiger partial charge >= 0.3 is 0 Å².